The van der Waals surface area contributed by atoms with Crippen LogP contribution in [0, 0.1) is 0 Å². The Hall–Kier alpha value is -2.50. The van der Waals surface area contributed by atoms with Gasteiger partial charge in [-0.15, -0.1) is 0 Å². The van der Waals surface area contributed by atoms with Gasteiger partial charge >= 0.3 is 6.16 Å². The molecular weight excluding hydrogens is 259 g/mol. The number of ether oxygens (including phenoxy) is 3. The first-order chi connectivity index (χ1) is 9.61. The Kier molecular flexibility index (Phi) is 4.25. The minimum absolute atomic E-state index is 0.0500. The number of fused-ring (bicyclic) bond motifs is 1. The average molecular weight is 270 g/mol. The predicted octanol–water partition coefficient (Wildman–Crippen LogP) is 2.79. The lowest BCUT2D eigenvalue weighted by Gasteiger charge is -2.11. The van der Waals surface area contributed by atoms with Gasteiger partial charge in [0.15, 0.2) is 0 Å². The highest BCUT2D eigenvalue weighted by molar-refractivity contribution is 6.55. The van der Waals surface area contributed by atoms with Crippen LogP contribution in [0.1, 0.15) is 5.56 Å². The van der Waals surface area contributed by atoms with Gasteiger partial charge in [0.2, 0.25) is 13.7 Å². The van der Waals surface area contributed by atoms with Crippen molar-refractivity contribution in [2.24, 2.45) is 0 Å². The molecular formula is C14H11BO5. The molecule has 5 nitrogen and oxygen atoms in total. The van der Waals surface area contributed by atoms with E-state index < -0.39 is 12.0 Å². The molecule has 6 heteroatoms. The van der Waals surface area contributed by atoms with Crippen LogP contribution in [0.15, 0.2) is 36.4 Å². The molecule has 0 aliphatic carbocycles. The topological polar surface area (TPSA) is 61.8 Å². The van der Waals surface area contributed by atoms with Gasteiger partial charge in [-0.1, -0.05) is 30.3 Å². The highest BCUT2D eigenvalue weighted by Gasteiger charge is 2.11. The Balaban J connectivity index is 2.41. The second-order valence-electron chi connectivity index (χ2n) is 3.93. The molecule has 2 aromatic carbocycles. The molecule has 0 heterocycles. The van der Waals surface area contributed by atoms with Crippen LogP contribution in [-0.2, 0) is 16.1 Å². The van der Waals surface area contributed by atoms with Crippen molar-refractivity contribution >= 4 is 30.6 Å². The lowest BCUT2D eigenvalue weighted by Crippen LogP contribution is -2.08. The quantitative estimate of drug-likeness (QED) is 0.487. The SMILES string of the molecule is [B]C(=O)OCc1ccc(OC(=O)OC)c2ccccc12. The maximum Gasteiger partial charge on any atom is 0.513 e. The summed E-state index contributed by atoms with van der Waals surface area (Å²) >= 11 is 0. The Morgan fingerprint density at radius 3 is 2.45 bits per heavy atom. The standard InChI is InChI=1S/C14H11BO5/c1-18-14(17)20-12-7-6-9(8-19-13(15)16)10-4-2-3-5-11(10)12/h2-7H,8H2,1H3. The summed E-state index contributed by atoms with van der Waals surface area (Å²) in [5.74, 6) is -0.473. The highest BCUT2D eigenvalue weighted by atomic mass is 16.7. The summed E-state index contributed by atoms with van der Waals surface area (Å²) in [5, 5.41) is 1.51. The maximum atomic E-state index is 11.2. The summed E-state index contributed by atoms with van der Waals surface area (Å²) in [6.45, 7) is 0.0500. The van der Waals surface area contributed by atoms with E-state index in [-0.39, 0.29) is 6.61 Å². The number of rotatable bonds is 3. The minimum atomic E-state index is -0.844. The molecule has 0 saturated heterocycles. The fourth-order valence-corrected chi connectivity index (χ4v) is 1.83. The number of carbonyl (C=O) groups excluding carboxylic acids is 2. The Bertz CT molecular complexity index is 653. The molecule has 0 amide bonds. The van der Waals surface area contributed by atoms with Crippen molar-refractivity contribution in [3.8, 4) is 5.75 Å². The summed E-state index contributed by atoms with van der Waals surface area (Å²) in [5.41, 5.74) is 0.761. The summed E-state index contributed by atoms with van der Waals surface area (Å²) in [7, 11) is 6.19. The smallest absolute Gasteiger partial charge is 0.470 e. The van der Waals surface area contributed by atoms with Crippen molar-refractivity contribution in [3.63, 3.8) is 0 Å². The molecule has 2 rings (SSSR count). The van der Waals surface area contributed by atoms with Gasteiger partial charge in [0.1, 0.15) is 12.4 Å². The summed E-state index contributed by atoms with van der Waals surface area (Å²) < 4.78 is 14.3. The first-order valence-electron chi connectivity index (χ1n) is 5.80. The van der Waals surface area contributed by atoms with E-state index in [2.05, 4.69) is 4.74 Å². The van der Waals surface area contributed by atoms with Gasteiger partial charge in [-0.3, -0.25) is 4.79 Å². The molecule has 0 aliphatic rings. The van der Waals surface area contributed by atoms with Crippen LogP contribution >= 0.6 is 0 Å². The Labute approximate surface area is 116 Å². The molecule has 0 atom stereocenters. The third-order valence-corrected chi connectivity index (χ3v) is 2.70. The van der Waals surface area contributed by atoms with Crippen molar-refractivity contribution in [2.75, 3.05) is 7.11 Å². The fourth-order valence-electron chi connectivity index (χ4n) is 1.83. The molecule has 20 heavy (non-hydrogen) atoms. The van der Waals surface area contributed by atoms with Crippen LogP contribution in [0.5, 0.6) is 5.75 Å². The Morgan fingerprint density at radius 2 is 1.80 bits per heavy atom. The van der Waals surface area contributed by atoms with E-state index >= 15 is 0 Å². The van der Waals surface area contributed by atoms with E-state index in [0.717, 1.165) is 10.9 Å². The second kappa shape index (κ2) is 6.10. The molecule has 0 unspecified atom stereocenters. The van der Waals surface area contributed by atoms with E-state index in [1.165, 1.54) is 7.11 Å². The summed E-state index contributed by atoms with van der Waals surface area (Å²) in [6, 6.07) is 10.6. The van der Waals surface area contributed by atoms with Crippen LogP contribution in [0.25, 0.3) is 10.8 Å². The maximum absolute atomic E-state index is 11.2. The van der Waals surface area contributed by atoms with Gasteiger partial charge in [-0.05, 0) is 17.0 Å². The molecule has 0 spiro atoms. The molecule has 2 radical (unpaired) electrons. The molecule has 0 fully saturated rings. The monoisotopic (exact) mass is 270 g/mol. The largest absolute Gasteiger partial charge is 0.513 e. The number of hydrogen-bond acceptors (Lipinski definition) is 5. The third kappa shape index (κ3) is 3.09. The zero-order chi connectivity index (χ0) is 14.5. The van der Waals surface area contributed by atoms with Crippen molar-refractivity contribution < 1.29 is 23.8 Å². The molecule has 0 bridgehead atoms. The van der Waals surface area contributed by atoms with Gasteiger partial charge in [0.25, 0.3) is 0 Å². The Morgan fingerprint density at radius 1 is 1.10 bits per heavy atom. The molecule has 0 aromatic heterocycles. The first kappa shape index (κ1) is 13.9. The van der Waals surface area contributed by atoms with E-state index in [1.54, 1.807) is 18.2 Å². The number of benzene rings is 2. The zero-order valence-electron chi connectivity index (χ0n) is 10.8. The summed E-state index contributed by atoms with van der Waals surface area (Å²) in [6.07, 6.45) is -0.795. The lowest BCUT2D eigenvalue weighted by molar-refractivity contribution is 0.122. The van der Waals surface area contributed by atoms with Gasteiger partial charge in [-0.2, -0.15) is 0 Å². The van der Waals surface area contributed by atoms with Crippen LogP contribution in [-0.4, -0.2) is 27.0 Å². The molecule has 0 saturated carbocycles. The second-order valence-corrected chi connectivity index (χ2v) is 3.93. The minimum Gasteiger partial charge on any atom is -0.470 e. The van der Waals surface area contributed by atoms with E-state index in [9.17, 15) is 9.59 Å². The molecule has 0 aliphatic heterocycles. The fraction of sp³-hybridized carbons (Fsp3) is 0.143. The van der Waals surface area contributed by atoms with Gasteiger partial charge in [-0.25, -0.2) is 4.79 Å². The average Bonchev–Trinajstić information content (AvgIpc) is 2.46. The molecule has 0 N–H and O–H groups in total. The van der Waals surface area contributed by atoms with E-state index in [1.807, 2.05) is 18.2 Å². The first-order valence-corrected chi connectivity index (χ1v) is 5.80. The summed E-state index contributed by atoms with van der Waals surface area (Å²) in [4.78, 5) is 21.9. The predicted molar refractivity (Wildman–Crippen MR) is 72.9 cm³/mol. The zero-order valence-corrected chi connectivity index (χ0v) is 10.8. The van der Waals surface area contributed by atoms with Crippen molar-refractivity contribution in [1.29, 1.82) is 0 Å². The van der Waals surface area contributed by atoms with Gasteiger partial charge in [0, 0.05) is 5.39 Å². The van der Waals surface area contributed by atoms with Crippen molar-refractivity contribution in [2.45, 2.75) is 6.61 Å². The molecule has 100 valence electrons. The lowest BCUT2D eigenvalue weighted by atomic mass is 10.0. The van der Waals surface area contributed by atoms with E-state index in [0.29, 0.717) is 11.1 Å². The number of carbonyl (C=O) groups is 2. The van der Waals surface area contributed by atoms with Crippen LogP contribution in [0.3, 0.4) is 0 Å². The van der Waals surface area contributed by atoms with Gasteiger partial charge < -0.3 is 14.2 Å². The van der Waals surface area contributed by atoms with Crippen LogP contribution < -0.4 is 4.74 Å². The highest BCUT2D eigenvalue weighted by Crippen LogP contribution is 2.29. The van der Waals surface area contributed by atoms with Crippen molar-refractivity contribution in [3.05, 3.63) is 42.0 Å². The number of hydrogen-bond donors (Lipinski definition) is 0. The molecule has 2 aromatic rings. The normalized spacial score (nSPS) is 10.1. The van der Waals surface area contributed by atoms with Crippen LogP contribution in [0.4, 0.5) is 9.59 Å². The number of methoxy groups -OCH3 is 1. The van der Waals surface area contributed by atoms with E-state index in [4.69, 9.17) is 17.3 Å². The van der Waals surface area contributed by atoms with Crippen LogP contribution in [0.2, 0.25) is 0 Å². The third-order valence-electron chi connectivity index (χ3n) is 2.70. The van der Waals surface area contributed by atoms with Crippen molar-refractivity contribution in [1.82, 2.24) is 0 Å². The van der Waals surface area contributed by atoms with Gasteiger partial charge in [0.05, 0.1) is 7.11 Å².